The number of anilines is 8. The molecule has 0 aliphatic carbocycles. The quantitative estimate of drug-likeness (QED) is 0.0251. The second kappa shape index (κ2) is 21.7. The minimum Gasteiger partial charge on any atom is -0.394 e. The predicted molar refractivity (Wildman–Crippen MR) is 214 cm³/mol. The monoisotopic (exact) mass is 884 g/mol. The molecule has 0 saturated carbocycles. The van der Waals surface area contributed by atoms with Crippen LogP contribution in [0, 0.1) is 0 Å². The highest BCUT2D eigenvalue weighted by molar-refractivity contribution is 7.86. The average molecular weight is 885 g/mol. The summed E-state index contributed by atoms with van der Waals surface area (Å²) in [6.45, 7) is -3.01. The van der Waals surface area contributed by atoms with Gasteiger partial charge in [0.15, 0.2) is 0 Å². The number of hydrogen-bond donors (Lipinski definition) is 16. The van der Waals surface area contributed by atoms with Gasteiger partial charge < -0.3 is 72.8 Å². The number of nitrogens with zero attached hydrogens (tertiary/aromatic N) is 6. The third-order valence-electron chi connectivity index (χ3n) is 7.63. The van der Waals surface area contributed by atoms with Crippen molar-refractivity contribution in [1.29, 1.82) is 0 Å². The standard InChI is InChI=1S/C32H44N12O14S2/c45-13-21(49)9-33-27-39-28(34-10-22(50)14-46)42-31(41-27)37-19-5-3-17(25(7-19)59(53,54)55)1-2-18-4-6-20(8-26(18)60(56,57)58)38-32-43-29(35-11-23(51)15-47)40-30(44-32)36-12-24(52)16-48/h1-8,21-24,45-52H,9-16H2,(H,53,54,55)(H,56,57,58)(H3,33,34,37,39,41,42)(H3,35,36,38,40,43,44)/b2-1+. The van der Waals surface area contributed by atoms with Crippen molar-refractivity contribution in [2.45, 2.75) is 34.2 Å². The molecule has 16 N–H and O–H groups in total. The summed E-state index contributed by atoms with van der Waals surface area (Å²) in [6, 6.07) is 7.23. The largest absolute Gasteiger partial charge is 0.394 e. The van der Waals surface area contributed by atoms with Gasteiger partial charge in [0.25, 0.3) is 20.2 Å². The molecule has 60 heavy (non-hydrogen) atoms. The molecule has 0 fully saturated rings. The van der Waals surface area contributed by atoms with Crippen molar-refractivity contribution in [2.75, 3.05) is 84.5 Å². The van der Waals surface area contributed by atoms with Crippen LogP contribution in [0.1, 0.15) is 11.1 Å². The molecule has 2 aromatic heterocycles. The highest BCUT2D eigenvalue weighted by Gasteiger charge is 2.20. The highest BCUT2D eigenvalue weighted by Crippen LogP contribution is 2.28. The number of aliphatic hydroxyl groups excluding tert-OH is 8. The molecule has 4 rings (SSSR count). The molecular weight excluding hydrogens is 841 g/mol. The van der Waals surface area contributed by atoms with E-state index in [4.69, 9.17) is 20.4 Å². The first-order valence-electron chi connectivity index (χ1n) is 17.5. The molecule has 28 heteroatoms. The SMILES string of the molecule is O=S(=O)(O)c1cc(Nc2nc(NCC(O)CO)nc(NCC(O)CO)n2)ccc1/C=C/c1ccc(Nc2nc(NCC(O)CO)nc(NCC(O)CO)n2)cc1S(=O)(=O)O. The van der Waals surface area contributed by atoms with E-state index >= 15 is 0 Å². The summed E-state index contributed by atoms with van der Waals surface area (Å²) < 4.78 is 70.4. The molecule has 0 amide bonds. The van der Waals surface area contributed by atoms with Crippen LogP contribution in [-0.2, 0) is 20.2 Å². The van der Waals surface area contributed by atoms with Gasteiger partial charge in [-0.2, -0.15) is 46.7 Å². The minimum absolute atomic E-state index is 0.0203. The summed E-state index contributed by atoms with van der Waals surface area (Å²) in [4.78, 5) is 23.4. The van der Waals surface area contributed by atoms with Crippen molar-refractivity contribution in [1.82, 2.24) is 29.9 Å². The van der Waals surface area contributed by atoms with Crippen LogP contribution in [0.4, 0.5) is 47.1 Å². The molecule has 4 atom stereocenters. The van der Waals surface area contributed by atoms with E-state index in [0.29, 0.717) is 0 Å². The fraction of sp³-hybridized carbons (Fsp3) is 0.375. The molecule has 0 radical (unpaired) electrons. The van der Waals surface area contributed by atoms with Gasteiger partial charge in [0.05, 0.1) is 50.8 Å². The van der Waals surface area contributed by atoms with Crippen molar-refractivity contribution in [3.8, 4) is 0 Å². The summed E-state index contributed by atoms with van der Waals surface area (Å²) in [6.07, 6.45) is -2.41. The van der Waals surface area contributed by atoms with Gasteiger partial charge in [-0.15, -0.1) is 0 Å². The molecule has 4 unspecified atom stereocenters. The summed E-state index contributed by atoms with van der Waals surface area (Å²) >= 11 is 0. The molecule has 0 aliphatic rings. The lowest BCUT2D eigenvalue weighted by atomic mass is 10.1. The lowest BCUT2D eigenvalue weighted by molar-refractivity contribution is 0.105. The van der Waals surface area contributed by atoms with Gasteiger partial charge >= 0.3 is 0 Å². The van der Waals surface area contributed by atoms with E-state index in [2.05, 4.69) is 61.8 Å². The Hall–Kier alpha value is -5.50. The number of rotatable bonds is 24. The zero-order valence-corrected chi connectivity index (χ0v) is 32.8. The van der Waals surface area contributed by atoms with Crippen LogP contribution >= 0.6 is 0 Å². The van der Waals surface area contributed by atoms with Crippen LogP contribution in [0.3, 0.4) is 0 Å². The maximum absolute atomic E-state index is 12.5. The van der Waals surface area contributed by atoms with Crippen LogP contribution in [0.25, 0.3) is 12.2 Å². The van der Waals surface area contributed by atoms with Crippen LogP contribution in [0.2, 0.25) is 0 Å². The van der Waals surface area contributed by atoms with Gasteiger partial charge in [0.1, 0.15) is 9.79 Å². The highest BCUT2D eigenvalue weighted by atomic mass is 32.2. The van der Waals surface area contributed by atoms with Crippen LogP contribution in [-0.4, -0.2) is 174 Å². The first kappa shape index (κ1) is 47.2. The number of aliphatic hydroxyl groups is 8. The molecular formula is C32H44N12O14S2. The first-order valence-corrected chi connectivity index (χ1v) is 20.4. The maximum atomic E-state index is 12.5. The van der Waals surface area contributed by atoms with Crippen LogP contribution in [0.5, 0.6) is 0 Å². The van der Waals surface area contributed by atoms with Crippen molar-refractivity contribution >= 4 is 79.5 Å². The Morgan fingerprint density at radius 3 is 0.983 bits per heavy atom. The summed E-state index contributed by atoms with van der Waals surface area (Å²) in [7, 11) is -9.90. The fourth-order valence-electron chi connectivity index (χ4n) is 4.66. The number of nitrogens with one attached hydrogen (secondary N) is 6. The van der Waals surface area contributed by atoms with E-state index in [1.807, 2.05) is 0 Å². The van der Waals surface area contributed by atoms with Crippen molar-refractivity contribution in [3.63, 3.8) is 0 Å². The molecule has 4 aromatic rings. The molecule has 0 spiro atoms. The summed E-state index contributed by atoms with van der Waals surface area (Å²) in [5, 5.41) is 91.6. The first-order chi connectivity index (χ1) is 28.4. The van der Waals surface area contributed by atoms with E-state index in [-0.39, 0.29) is 84.4 Å². The third-order valence-corrected chi connectivity index (χ3v) is 9.45. The van der Waals surface area contributed by atoms with Crippen molar-refractivity contribution in [2.24, 2.45) is 0 Å². The zero-order chi connectivity index (χ0) is 44.0. The second-order valence-electron chi connectivity index (χ2n) is 12.5. The summed E-state index contributed by atoms with van der Waals surface area (Å²) in [5.74, 6) is -0.856. The van der Waals surface area contributed by atoms with Crippen LogP contribution in [0.15, 0.2) is 46.2 Å². The van der Waals surface area contributed by atoms with Gasteiger partial charge in [0, 0.05) is 37.6 Å². The third kappa shape index (κ3) is 14.6. The van der Waals surface area contributed by atoms with E-state index in [1.165, 1.54) is 24.3 Å². The molecule has 0 bridgehead atoms. The minimum atomic E-state index is -4.95. The van der Waals surface area contributed by atoms with Gasteiger partial charge in [-0.05, 0) is 35.4 Å². The molecule has 0 aliphatic heterocycles. The van der Waals surface area contributed by atoms with E-state index in [1.54, 1.807) is 0 Å². The Kier molecular flexibility index (Phi) is 17.0. The number of benzene rings is 2. The lowest BCUT2D eigenvalue weighted by Crippen LogP contribution is -2.26. The lowest BCUT2D eigenvalue weighted by Gasteiger charge is -2.14. The Morgan fingerprint density at radius 1 is 0.467 bits per heavy atom. The summed E-state index contributed by atoms with van der Waals surface area (Å²) in [5.41, 5.74) is -0.227. The number of hydrogen-bond acceptors (Lipinski definition) is 24. The average Bonchev–Trinajstić information content (AvgIpc) is 3.21. The Balaban J connectivity index is 1.64. The normalized spacial score (nSPS) is 14.0. The van der Waals surface area contributed by atoms with E-state index in [9.17, 15) is 46.4 Å². The Morgan fingerprint density at radius 2 is 0.733 bits per heavy atom. The van der Waals surface area contributed by atoms with Crippen molar-refractivity contribution in [3.05, 3.63) is 47.5 Å². The molecule has 0 saturated heterocycles. The van der Waals surface area contributed by atoms with Gasteiger partial charge in [-0.25, -0.2) is 0 Å². The molecule has 26 nitrogen and oxygen atoms in total. The van der Waals surface area contributed by atoms with Gasteiger partial charge in [0.2, 0.25) is 35.7 Å². The second-order valence-corrected chi connectivity index (χ2v) is 15.3. The molecule has 2 aromatic carbocycles. The van der Waals surface area contributed by atoms with E-state index in [0.717, 1.165) is 24.3 Å². The molecule has 2 heterocycles. The topological polar surface area (TPSA) is 420 Å². The van der Waals surface area contributed by atoms with Gasteiger partial charge in [-0.1, -0.05) is 24.3 Å². The molecule has 328 valence electrons. The Labute approximate surface area is 341 Å². The Bertz CT molecular complexity index is 2090. The predicted octanol–water partition coefficient (Wildman–Crippen LogP) is -2.73. The zero-order valence-electron chi connectivity index (χ0n) is 31.2. The van der Waals surface area contributed by atoms with Crippen LogP contribution < -0.4 is 31.9 Å². The number of aromatic nitrogens is 6. The van der Waals surface area contributed by atoms with E-state index < -0.39 is 80.9 Å². The smallest absolute Gasteiger partial charge is 0.295 e. The maximum Gasteiger partial charge on any atom is 0.295 e. The van der Waals surface area contributed by atoms with Crippen molar-refractivity contribution < 1.29 is 66.8 Å². The van der Waals surface area contributed by atoms with Gasteiger partial charge in [-0.3, -0.25) is 9.11 Å². The fourth-order valence-corrected chi connectivity index (χ4v) is 6.08.